The minimum absolute atomic E-state index is 0.111. The predicted molar refractivity (Wildman–Crippen MR) is 72.6 cm³/mol. The molecule has 21 heavy (non-hydrogen) atoms. The molecule has 1 amide bonds. The van der Waals surface area contributed by atoms with E-state index in [2.05, 4.69) is 0 Å². The summed E-state index contributed by atoms with van der Waals surface area (Å²) < 4.78 is 15.4. The van der Waals surface area contributed by atoms with Gasteiger partial charge in [-0.15, -0.1) is 0 Å². The van der Waals surface area contributed by atoms with Crippen molar-refractivity contribution in [2.24, 2.45) is 0 Å². The van der Waals surface area contributed by atoms with Gasteiger partial charge in [0.1, 0.15) is 0 Å². The quantitative estimate of drug-likeness (QED) is 0.807. The highest BCUT2D eigenvalue weighted by atomic mass is 16.7. The predicted octanol–water partition coefficient (Wildman–Crippen LogP) is 0.979. The molecule has 0 fully saturated rings. The van der Waals surface area contributed by atoms with Gasteiger partial charge in [-0.3, -0.25) is 9.59 Å². The Hall–Kier alpha value is -2.28. The fourth-order valence-corrected chi connectivity index (χ4v) is 1.96. The first-order valence-electron chi connectivity index (χ1n) is 6.51. The van der Waals surface area contributed by atoms with E-state index in [1.807, 2.05) is 0 Å². The molecule has 0 radical (unpaired) electrons. The monoisotopic (exact) mass is 295 g/mol. The van der Waals surface area contributed by atoms with Crippen molar-refractivity contribution in [3.05, 3.63) is 23.8 Å². The van der Waals surface area contributed by atoms with Crippen molar-refractivity contribution < 1.29 is 28.9 Å². The van der Waals surface area contributed by atoms with Crippen LogP contribution in [0.25, 0.3) is 0 Å². The molecule has 0 atom stereocenters. The zero-order valence-corrected chi connectivity index (χ0v) is 11.7. The molecule has 0 saturated carbocycles. The summed E-state index contributed by atoms with van der Waals surface area (Å²) in [5.41, 5.74) is 0.431. The normalized spacial score (nSPS) is 12.2. The fraction of sp³-hybridized carbons (Fsp3) is 0.429. The number of carbonyl (C=O) groups is 2. The maximum Gasteiger partial charge on any atom is 0.305 e. The number of ether oxygens (including phenoxy) is 3. The van der Waals surface area contributed by atoms with Crippen molar-refractivity contribution in [2.45, 2.75) is 6.42 Å². The summed E-state index contributed by atoms with van der Waals surface area (Å²) in [5.74, 6) is -0.0891. The fourth-order valence-electron chi connectivity index (χ4n) is 1.96. The molecular weight excluding hydrogens is 278 g/mol. The van der Waals surface area contributed by atoms with Crippen molar-refractivity contribution in [3.63, 3.8) is 0 Å². The summed E-state index contributed by atoms with van der Waals surface area (Å²) >= 11 is 0. The summed E-state index contributed by atoms with van der Waals surface area (Å²) in [6, 6.07) is 4.91. The Morgan fingerprint density at radius 1 is 1.29 bits per heavy atom. The smallest absolute Gasteiger partial charge is 0.305 e. The molecule has 7 heteroatoms. The molecular formula is C14H17NO6. The molecule has 1 heterocycles. The van der Waals surface area contributed by atoms with E-state index >= 15 is 0 Å². The second kappa shape index (κ2) is 6.94. The Morgan fingerprint density at radius 2 is 2.05 bits per heavy atom. The van der Waals surface area contributed by atoms with E-state index in [-0.39, 0.29) is 25.7 Å². The minimum atomic E-state index is -0.948. The zero-order valence-electron chi connectivity index (χ0n) is 11.7. The van der Waals surface area contributed by atoms with Crippen LogP contribution in [0.2, 0.25) is 0 Å². The third-order valence-electron chi connectivity index (χ3n) is 3.07. The van der Waals surface area contributed by atoms with E-state index in [9.17, 15) is 9.59 Å². The van der Waals surface area contributed by atoms with Crippen molar-refractivity contribution in [3.8, 4) is 11.5 Å². The maximum atomic E-state index is 12.4. The van der Waals surface area contributed by atoms with Gasteiger partial charge in [0.15, 0.2) is 11.5 Å². The van der Waals surface area contributed by atoms with Gasteiger partial charge in [0.05, 0.1) is 13.0 Å². The Kier molecular flexibility index (Phi) is 4.99. The zero-order chi connectivity index (χ0) is 15.2. The molecule has 1 aromatic rings. The van der Waals surface area contributed by atoms with Gasteiger partial charge in [0.2, 0.25) is 6.79 Å². The summed E-state index contributed by atoms with van der Waals surface area (Å²) in [6.45, 7) is 0.943. The molecule has 7 nitrogen and oxygen atoms in total. The molecule has 0 bridgehead atoms. The lowest BCUT2D eigenvalue weighted by atomic mass is 10.1. The number of methoxy groups -OCH3 is 1. The molecule has 0 aliphatic carbocycles. The molecule has 0 saturated heterocycles. The number of fused-ring (bicyclic) bond motifs is 1. The number of rotatable bonds is 7. The SMILES string of the molecule is COCCN(CCC(=O)O)C(=O)c1ccc2c(c1)OCO2. The Labute approximate surface area is 122 Å². The first-order valence-corrected chi connectivity index (χ1v) is 6.51. The number of hydrogen-bond acceptors (Lipinski definition) is 5. The minimum Gasteiger partial charge on any atom is -0.481 e. The average molecular weight is 295 g/mol. The molecule has 0 aromatic heterocycles. The highest BCUT2D eigenvalue weighted by Crippen LogP contribution is 2.32. The van der Waals surface area contributed by atoms with Crippen LogP contribution in [0.5, 0.6) is 11.5 Å². The Bertz CT molecular complexity index is 530. The van der Waals surface area contributed by atoms with Crippen LogP contribution in [0.3, 0.4) is 0 Å². The molecule has 0 spiro atoms. The third kappa shape index (κ3) is 3.85. The molecule has 2 rings (SSSR count). The lowest BCUT2D eigenvalue weighted by Gasteiger charge is -2.21. The van der Waals surface area contributed by atoms with E-state index in [0.717, 1.165) is 0 Å². The number of carboxylic acids is 1. The number of hydrogen-bond donors (Lipinski definition) is 1. The lowest BCUT2D eigenvalue weighted by molar-refractivity contribution is -0.137. The van der Waals surface area contributed by atoms with E-state index < -0.39 is 5.97 Å². The maximum absolute atomic E-state index is 12.4. The van der Waals surface area contributed by atoms with Crippen LogP contribution in [-0.4, -0.2) is 55.5 Å². The standard InChI is InChI=1S/C14H17NO6/c1-19-7-6-15(5-4-13(16)17)14(18)10-2-3-11-12(8-10)21-9-20-11/h2-3,8H,4-7,9H2,1H3,(H,16,17). The van der Waals surface area contributed by atoms with Crippen molar-refractivity contribution >= 4 is 11.9 Å². The summed E-state index contributed by atoms with van der Waals surface area (Å²) in [7, 11) is 1.53. The lowest BCUT2D eigenvalue weighted by Crippen LogP contribution is -2.35. The van der Waals surface area contributed by atoms with Gasteiger partial charge >= 0.3 is 5.97 Å². The van der Waals surface area contributed by atoms with Gasteiger partial charge in [-0.25, -0.2) is 0 Å². The highest BCUT2D eigenvalue weighted by molar-refractivity contribution is 5.95. The molecule has 1 aromatic carbocycles. The Balaban J connectivity index is 2.10. The summed E-state index contributed by atoms with van der Waals surface area (Å²) in [6.07, 6.45) is -0.111. The van der Waals surface area contributed by atoms with Crippen LogP contribution < -0.4 is 9.47 Å². The summed E-state index contributed by atoms with van der Waals surface area (Å²) in [5, 5.41) is 8.76. The van der Waals surface area contributed by atoms with Crippen LogP contribution in [0.15, 0.2) is 18.2 Å². The molecule has 114 valence electrons. The van der Waals surface area contributed by atoms with Crippen molar-refractivity contribution in [1.29, 1.82) is 0 Å². The summed E-state index contributed by atoms with van der Waals surface area (Å²) in [4.78, 5) is 24.6. The van der Waals surface area contributed by atoms with Gasteiger partial charge in [-0.1, -0.05) is 0 Å². The van der Waals surface area contributed by atoms with Crippen molar-refractivity contribution in [2.75, 3.05) is 33.6 Å². The van der Waals surface area contributed by atoms with Crippen LogP contribution in [0.1, 0.15) is 16.8 Å². The molecule has 0 unspecified atom stereocenters. The molecule has 1 aliphatic rings. The average Bonchev–Trinajstić information content (AvgIpc) is 2.93. The number of aliphatic carboxylic acids is 1. The van der Waals surface area contributed by atoms with Crippen LogP contribution in [0.4, 0.5) is 0 Å². The Morgan fingerprint density at radius 3 is 2.76 bits per heavy atom. The second-order valence-electron chi connectivity index (χ2n) is 4.50. The first-order chi connectivity index (χ1) is 10.1. The van der Waals surface area contributed by atoms with E-state index in [4.69, 9.17) is 19.3 Å². The number of carboxylic acid groups (broad SMARTS) is 1. The van der Waals surface area contributed by atoms with E-state index in [0.29, 0.717) is 30.2 Å². The molecule has 1 N–H and O–H groups in total. The van der Waals surface area contributed by atoms with E-state index in [1.54, 1.807) is 18.2 Å². The first kappa shape index (κ1) is 15.1. The van der Waals surface area contributed by atoms with E-state index in [1.165, 1.54) is 12.0 Å². The van der Waals surface area contributed by atoms with Crippen LogP contribution >= 0.6 is 0 Å². The highest BCUT2D eigenvalue weighted by Gasteiger charge is 2.20. The second-order valence-corrected chi connectivity index (χ2v) is 4.50. The topological polar surface area (TPSA) is 85.3 Å². The number of benzene rings is 1. The number of carbonyl (C=O) groups excluding carboxylic acids is 1. The van der Waals surface area contributed by atoms with Crippen LogP contribution in [-0.2, 0) is 9.53 Å². The van der Waals surface area contributed by atoms with Gasteiger partial charge in [0, 0.05) is 25.8 Å². The van der Waals surface area contributed by atoms with Crippen LogP contribution in [0, 0.1) is 0 Å². The van der Waals surface area contributed by atoms with Gasteiger partial charge in [-0.05, 0) is 18.2 Å². The molecule has 1 aliphatic heterocycles. The van der Waals surface area contributed by atoms with Gasteiger partial charge in [0.25, 0.3) is 5.91 Å². The number of nitrogens with zero attached hydrogens (tertiary/aromatic N) is 1. The number of amides is 1. The van der Waals surface area contributed by atoms with Gasteiger partial charge < -0.3 is 24.2 Å². The van der Waals surface area contributed by atoms with Crippen molar-refractivity contribution in [1.82, 2.24) is 4.90 Å². The largest absolute Gasteiger partial charge is 0.481 e. The third-order valence-corrected chi connectivity index (χ3v) is 3.07. The van der Waals surface area contributed by atoms with Gasteiger partial charge in [-0.2, -0.15) is 0 Å².